The molecule has 5 nitrogen and oxygen atoms in total. The quantitative estimate of drug-likeness (QED) is 0.874. The first kappa shape index (κ1) is 16.3. The molecule has 0 aliphatic carbocycles. The summed E-state index contributed by atoms with van der Waals surface area (Å²) < 4.78 is 0.736. The van der Waals surface area contributed by atoms with Gasteiger partial charge >= 0.3 is 0 Å². The second kappa shape index (κ2) is 7.24. The number of amides is 2. The monoisotopic (exact) mass is 373 g/mol. The van der Waals surface area contributed by atoms with Gasteiger partial charge in [0.05, 0.1) is 11.6 Å². The zero-order valence-corrected chi connectivity index (χ0v) is 14.1. The molecule has 2 amide bonds. The van der Waals surface area contributed by atoms with E-state index >= 15 is 0 Å². The number of piperazine rings is 1. The summed E-state index contributed by atoms with van der Waals surface area (Å²) in [5.74, 6) is -0.247. The molecule has 114 valence electrons. The molecule has 2 rings (SSSR count). The van der Waals surface area contributed by atoms with Gasteiger partial charge in [0.25, 0.3) is 5.91 Å². The number of halogens is 2. The number of likely N-dealkylation sites (N-methyl/N-ethyl adjacent to an activating group) is 1. The van der Waals surface area contributed by atoms with Crippen LogP contribution in [-0.4, -0.2) is 61.4 Å². The van der Waals surface area contributed by atoms with Crippen molar-refractivity contribution in [2.24, 2.45) is 0 Å². The van der Waals surface area contributed by atoms with Crippen LogP contribution in [0.2, 0.25) is 5.02 Å². The van der Waals surface area contributed by atoms with Crippen LogP contribution in [0.15, 0.2) is 22.7 Å². The molecular weight excluding hydrogens is 358 g/mol. The standard InChI is InChI=1S/C14H17BrClN3O2/c1-18(9-13(20)19-6-4-17-5-7-19)14(21)10-2-3-11(15)12(16)8-10/h2-3,8,17H,4-7,9H2,1H3. The fourth-order valence-corrected chi connectivity index (χ4v) is 2.57. The molecule has 0 aromatic heterocycles. The molecule has 1 saturated heterocycles. The first-order chi connectivity index (χ1) is 9.99. The van der Waals surface area contributed by atoms with Gasteiger partial charge in [0.2, 0.25) is 5.91 Å². The SMILES string of the molecule is CN(CC(=O)N1CCNCC1)C(=O)c1ccc(Br)c(Cl)c1. The zero-order valence-electron chi connectivity index (χ0n) is 11.7. The van der Waals surface area contributed by atoms with Crippen LogP contribution in [-0.2, 0) is 4.79 Å². The molecule has 0 saturated carbocycles. The van der Waals surface area contributed by atoms with Crippen molar-refractivity contribution < 1.29 is 9.59 Å². The minimum Gasteiger partial charge on any atom is -0.339 e. The highest BCUT2D eigenvalue weighted by atomic mass is 79.9. The zero-order chi connectivity index (χ0) is 15.4. The Morgan fingerprint density at radius 1 is 1.38 bits per heavy atom. The normalized spacial score (nSPS) is 14.9. The third-order valence-electron chi connectivity index (χ3n) is 3.36. The Bertz CT molecular complexity index is 547. The van der Waals surface area contributed by atoms with Crippen molar-refractivity contribution in [3.8, 4) is 0 Å². The highest BCUT2D eigenvalue weighted by molar-refractivity contribution is 9.10. The lowest BCUT2D eigenvalue weighted by molar-refractivity contribution is -0.132. The van der Waals surface area contributed by atoms with Gasteiger partial charge in [0.1, 0.15) is 0 Å². The number of benzene rings is 1. The van der Waals surface area contributed by atoms with Gasteiger partial charge in [-0.3, -0.25) is 9.59 Å². The summed E-state index contributed by atoms with van der Waals surface area (Å²) in [6.45, 7) is 3.04. The Morgan fingerprint density at radius 3 is 2.67 bits per heavy atom. The van der Waals surface area contributed by atoms with Gasteiger partial charge in [-0.2, -0.15) is 0 Å². The molecule has 1 heterocycles. The van der Waals surface area contributed by atoms with E-state index in [0.717, 1.165) is 17.6 Å². The molecule has 0 unspecified atom stereocenters. The molecule has 1 aliphatic heterocycles. The van der Waals surface area contributed by atoms with Gasteiger partial charge in [0.15, 0.2) is 0 Å². The van der Waals surface area contributed by atoms with E-state index in [2.05, 4.69) is 21.2 Å². The van der Waals surface area contributed by atoms with Gasteiger partial charge in [-0.05, 0) is 34.1 Å². The molecule has 1 aromatic carbocycles. The van der Waals surface area contributed by atoms with Gasteiger partial charge in [-0.1, -0.05) is 11.6 Å². The number of carbonyl (C=O) groups excluding carboxylic acids is 2. The van der Waals surface area contributed by atoms with Crippen LogP contribution < -0.4 is 5.32 Å². The fourth-order valence-electron chi connectivity index (χ4n) is 2.14. The third-order valence-corrected chi connectivity index (χ3v) is 4.59. The molecule has 1 aromatic rings. The van der Waals surface area contributed by atoms with Crippen molar-refractivity contribution in [2.75, 3.05) is 39.8 Å². The van der Waals surface area contributed by atoms with E-state index in [1.54, 1.807) is 30.1 Å². The number of rotatable bonds is 3. The Morgan fingerprint density at radius 2 is 2.05 bits per heavy atom. The van der Waals surface area contributed by atoms with Crippen LogP contribution in [0.4, 0.5) is 0 Å². The summed E-state index contributed by atoms with van der Waals surface area (Å²) >= 11 is 9.27. The van der Waals surface area contributed by atoms with E-state index in [-0.39, 0.29) is 18.4 Å². The van der Waals surface area contributed by atoms with E-state index in [9.17, 15) is 9.59 Å². The Kier molecular flexibility index (Phi) is 5.61. The molecule has 0 bridgehead atoms. The second-order valence-corrected chi connectivity index (χ2v) is 6.18. The van der Waals surface area contributed by atoms with Crippen molar-refractivity contribution in [1.82, 2.24) is 15.1 Å². The van der Waals surface area contributed by atoms with Crippen molar-refractivity contribution >= 4 is 39.3 Å². The molecule has 21 heavy (non-hydrogen) atoms. The predicted octanol–water partition coefficient (Wildman–Crippen LogP) is 1.61. The number of nitrogens with zero attached hydrogens (tertiary/aromatic N) is 2. The molecule has 0 atom stereocenters. The van der Waals surface area contributed by atoms with Crippen LogP contribution in [0.5, 0.6) is 0 Å². The Balaban J connectivity index is 1.98. The summed E-state index contributed by atoms with van der Waals surface area (Å²) in [5, 5.41) is 3.66. The summed E-state index contributed by atoms with van der Waals surface area (Å²) in [5.41, 5.74) is 0.471. The van der Waals surface area contributed by atoms with Crippen LogP contribution in [0.3, 0.4) is 0 Å². The number of hydrogen-bond acceptors (Lipinski definition) is 3. The van der Waals surface area contributed by atoms with Crippen molar-refractivity contribution in [3.63, 3.8) is 0 Å². The topological polar surface area (TPSA) is 52.7 Å². The Hall–Kier alpha value is -1.11. The lowest BCUT2D eigenvalue weighted by atomic mass is 10.2. The first-order valence-electron chi connectivity index (χ1n) is 6.68. The van der Waals surface area contributed by atoms with Crippen LogP contribution in [0, 0.1) is 0 Å². The molecule has 1 N–H and O–H groups in total. The van der Waals surface area contributed by atoms with E-state index in [1.165, 1.54) is 4.90 Å². The van der Waals surface area contributed by atoms with E-state index in [4.69, 9.17) is 11.6 Å². The molecule has 0 spiro atoms. The van der Waals surface area contributed by atoms with Crippen molar-refractivity contribution in [3.05, 3.63) is 33.3 Å². The average molecular weight is 375 g/mol. The summed E-state index contributed by atoms with van der Waals surface area (Å²) in [6.07, 6.45) is 0. The molecule has 1 aliphatic rings. The fraction of sp³-hybridized carbons (Fsp3) is 0.429. The largest absolute Gasteiger partial charge is 0.339 e. The second-order valence-electron chi connectivity index (χ2n) is 4.92. The minimum absolute atomic E-state index is 0.0319. The summed E-state index contributed by atoms with van der Waals surface area (Å²) in [4.78, 5) is 27.6. The van der Waals surface area contributed by atoms with Crippen molar-refractivity contribution in [1.29, 1.82) is 0 Å². The molecular formula is C14H17BrClN3O2. The maximum absolute atomic E-state index is 12.3. The maximum Gasteiger partial charge on any atom is 0.254 e. The van der Waals surface area contributed by atoms with Gasteiger partial charge in [-0.15, -0.1) is 0 Å². The number of hydrogen-bond donors (Lipinski definition) is 1. The highest BCUT2D eigenvalue weighted by Gasteiger charge is 2.21. The summed E-state index contributed by atoms with van der Waals surface area (Å²) in [7, 11) is 1.62. The Labute approximate surface area is 137 Å². The molecule has 1 fully saturated rings. The molecule has 7 heteroatoms. The smallest absolute Gasteiger partial charge is 0.254 e. The lowest BCUT2D eigenvalue weighted by Crippen LogP contribution is -2.49. The van der Waals surface area contributed by atoms with Gasteiger partial charge in [-0.25, -0.2) is 0 Å². The number of carbonyl (C=O) groups is 2. The number of nitrogens with one attached hydrogen (secondary N) is 1. The van der Waals surface area contributed by atoms with Crippen molar-refractivity contribution in [2.45, 2.75) is 0 Å². The van der Waals surface area contributed by atoms with E-state index < -0.39 is 0 Å². The summed E-state index contributed by atoms with van der Waals surface area (Å²) in [6, 6.07) is 5.01. The third kappa shape index (κ3) is 4.18. The average Bonchev–Trinajstić information content (AvgIpc) is 2.50. The minimum atomic E-state index is -0.215. The molecule has 0 radical (unpaired) electrons. The lowest BCUT2D eigenvalue weighted by Gasteiger charge is -2.29. The van der Waals surface area contributed by atoms with Gasteiger partial charge < -0.3 is 15.1 Å². The van der Waals surface area contributed by atoms with Crippen LogP contribution in [0.25, 0.3) is 0 Å². The van der Waals surface area contributed by atoms with Gasteiger partial charge in [0, 0.05) is 43.3 Å². The van der Waals surface area contributed by atoms with E-state index in [1.807, 2.05) is 0 Å². The highest BCUT2D eigenvalue weighted by Crippen LogP contribution is 2.23. The first-order valence-corrected chi connectivity index (χ1v) is 7.85. The van der Waals surface area contributed by atoms with Crippen LogP contribution in [0.1, 0.15) is 10.4 Å². The maximum atomic E-state index is 12.3. The van der Waals surface area contributed by atoms with Crippen LogP contribution >= 0.6 is 27.5 Å². The predicted molar refractivity (Wildman–Crippen MR) is 85.6 cm³/mol. The van der Waals surface area contributed by atoms with E-state index in [0.29, 0.717) is 23.7 Å².